The highest BCUT2D eigenvalue weighted by molar-refractivity contribution is 5.71. The highest BCUT2D eigenvalue weighted by Crippen LogP contribution is 2.38. The Bertz CT molecular complexity index is 435. The smallest absolute Gasteiger partial charge is 0.306 e. The summed E-state index contributed by atoms with van der Waals surface area (Å²) in [4.78, 5) is 11.1. The van der Waals surface area contributed by atoms with Crippen molar-refractivity contribution in [2.45, 2.75) is 39.5 Å². The van der Waals surface area contributed by atoms with Crippen LogP contribution in [0.5, 0.6) is 0 Å². The van der Waals surface area contributed by atoms with Crippen molar-refractivity contribution < 1.29 is 9.90 Å². The van der Waals surface area contributed by atoms with Gasteiger partial charge in [0.15, 0.2) is 0 Å². The van der Waals surface area contributed by atoms with E-state index >= 15 is 0 Å². The number of carbonyl (C=O) groups is 1. The van der Waals surface area contributed by atoms with Crippen LogP contribution in [-0.2, 0) is 11.2 Å². The Balaban J connectivity index is 2.49. The van der Waals surface area contributed by atoms with Crippen molar-refractivity contribution in [2.24, 2.45) is 5.92 Å². The molecule has 2 unspecified atom stereocenters. The molecular formula is C14H18O2. The van der Waals surface area contributed by atoms with Crippen molar-refractivity contribution >= 4 is 5.97 Å². The lowest BCUT2D eigenvalue weighted by atomic mass is 9.74. The molecule has 2 heteroatoms. The molecule has 0 heterocycles. The molecule has 0 fully saturated rings. The van der Waals surface area contributed by atoms with Gasteiger partial charge in [-0.3, -0.25) is 4.79 Å². The van der Waals surface area contributed by atoms with Gasteiger partial charge in [-0.15, -0.1) is 0 Å². The summed E-state index contributed by atoms with van der Waals surface area (Å²) < 4.78 is 0. The highest BCUT2D eigenvalue weighted by atomic mass is 16.4. The summed E-state index contributed by atoms with van der Waals surface area (Å²) in [6, 6.07) is 4.25. The highest BCUT2D eigenvalue weighted by Gasteiger charge is 2.30. The van der Waals surface area contributed by atoms with E-state index in [4.69, 9.17) is 5.11 Å². The van der Waals surface area contributed by atoms with Crippen LogP contribution >= 0.6 is 0 Å². The molecule has 1 aromatic carbocycles. The van der Waals surface area contributed by atoms with E-state index in [0.717, 1.165) is 6.42 Å². The number of carboxylic acid groups (broad SMARTS) is 1. The van der Waals surface area contributed by atoms with E-state index in [-0.39, 0.29) is 5.92 Å². The van der Waals surface area contributed by atoms with Gasteiger partial charge in [-0.2, -0.15) is 0 Å². The lowest BCUT2D eigenvalue weighted by molar-refractivity contribution is -0.142. The first kappa shape index (κ1) is 11.2. The predicted octanol–water partition coefficient (Wildman–Crippen LogP) is 3.05. The minimum Gasteiger partial charge on any atom is -0.481 e. The van der Waals surface area contributed by atoms with Gasteiger partial charge in [-0.05, 0) is 54.9 Å². The molecule has 0 aromatic heterocycles. The van der Waals surface area contributed by atoms with E-state index < -0.39 is 5.97 Å². The Labute approximate surface area is 96.3 Å². The number of fused-ring (bicyclic) bond motifs is 1. The summed E-state index contributed by atoms with van der Waals surface area (Å²) in [6.45, 7) is 6.34. The zero-order chi connectivity index (χ0) is 11.9. The third kappa shape index (κ3) is 1.73. The van der Waals surface area contributed by atoms with Crippen LogP contribution in [0.1, 0.15) is 41.5 Å². The topological polar surface area (TPSA) is 37.3 Å². The van der Waals surface area contributed by atoms with Crippen LogP contribution in [0.15, 0.2) is 12.1 Å². The molecule has 16 heavy (non-hydrogen) atoms. The molecule has 1 aromatic rings. The molecule has 2 atom stereocenters. The Morgan fingerprint density at radius 2 is 1.94 bits per heavy atom. The molecule has 0 saturated carbocycles. The summed E-state index contributed by atoms with van der Waals surface area (Å²) in [5.41, 5.74) is 5.19. The van der Waals surface area contributed by atoms with Gasteiger partial charge in [0.1, 0.15) is 0 Å². The van der Waals surface area contributed by atoms with Crippen molar-refractivity contribution in [3.63, 3.8) is 0 Å². The predicted molar refractivity (Wildman–Crippen MR) is 63.8 cm³/mol. The van der Waals surface area contributed by atoms with Crippen molar-refractivity contribution in [3.05, 3.63) is 34.4 Å². The van der Waals surface area contributed by atoms with Crippen LogP contribution in [0, 0.1) is 19.8 Å². The normalized spacial score (nSPS) is 23.9. The number of rotatable bonds is 1. The maximum atomic E-state index is 11.1. The van der Waals surface area contributed by atoms with Crippen LogP contribution in [0.4, 0.5) is 0 Å². The molecular weight excluding hydrogens is 200 g/mol. The quantitative estimate of drug-likeness (QED) is 0.786. The second-order valence-corrected chi connectivity index (χ2v) is 4.97. The van der Waals surface area contributed by atoms with E-state index in [2.05, 4.69) is 32.9 Å². The van der Waals surface area contributed by atoms with Crippen LogP contribution in [-0.4, -0.2) is 11.1 Å². The monoisotopic (exact) mass is 218 g/mol. The number of benzene rings is 1. The Morgan fingerprint density at radius 1 is 1.31 bits per heavy atom. The fourth-order valence-corrected chi connectivity index (χ4v) is 2.91. The van der Waals surface area contributed by atoms with E-state index in [1.54, 1.807) is 0 Å². The Hall–Kier alpha value is -1.31. The zero-order valence-electron chi connectivity index (χ0n) is 10.1. The van der Waals surface area contributed by atoms with Gasteiger partial charge in [0, 0.05) is 0 Å². The van der Waals surface area contributed by atoms with Gasteiger partial charge >= 0.3 is 5.97 Å². The van der Waals surface area contributed by atoms with Crippen molar-refractivity contribution in [3.8, 4) is 0 Å². The molecule has 0 bridgehead atoms. The molecule has 0 amide bonds. The number of aryl methyl sites for hydroxylation is 2. The summed E-state index contributed by atoms with van der Waals surface area (Å²) in [5, 5.41) is 9.14. The van der Waals surface area contributed by atoms with Crippen LogP contribution in [0.25, 0.3) is 0 Å². The lowest BCUT2D eigenvalue weighted by Crippen LogP contribution is -2.25. The van der Waals surface area contributed by atoms with Gasteiger partial charge < -0.3 is 5.11 Å². The molecule has 1 N–H and O–H groups in total. The molecule has 0 radical (unpaired) electrons. The minimum absolute atomic E-state index is 0.206. The van der Waals surface area contributed by atoms with Crippen molar-refractivity contribution in [1.29, 1.82) is 0 Å². The summed E-state index contributed by atoms with van der Waals surface area (Å²) in [7, 11) is 0. The molecule has 0 aliphatic heterocycles. The first-order valence-corrected chi connectivity index (χ1v) is 5.82. The van der Waals surface area contributed by atoms with Gasteiger partial charge in [-0.25, -0.2) is 0 Å². The molecule has 1 aliphatic carbocycles. The van der Waals surface area contributed by atoms with E-state index in [9.17, 15) is 4.79 Å². The molecule has 0 spiro atoms. The van der Waals surface area contributed by atoms with Crippen LogP contribution < -0.4 is 0 Å². The second-order valence-electron chi connectivity index (χ2n) is 4.97. The van der Waals surface area contributed by atoms with Gasteiger partial charge in [0.05, 0.1) is 5.92 Å². The number of carboxylic acids is 1. The molecule has 2 rings (SSSR count). The Kier molecular flexibility index (Phi) is 2.75. The fraction of sp³-hybridized carbons (Fsp3) is 0.500. The zero-order valence-corrected chi connectivity index (χ0v) is 10.1. The van der Waals surface area contributed by atoms with E-state index in [1.807, 2.05) is 0 Å². The Morgan fingerprint density at radius 3 is 2.56 bits per heavy atom. The molecule has 1 aliphatic rings. The van der Waals surface area contributed by atoms with E-state index in [0.29, 0.717) is 12.3 Å². The second kappa shape index (κ2) is 3.93. The molecule has 0 saturated heterocycles. The average molecular weight is 218 g/mol. The van der Waals surface area contributed by atoms with Gasteiger partial charge in [-0.1, -0.05) is 19.1 Å². The van der Waals surface area contributed by atoms with Crippen molar-refractivity contribution in [2.75, 3.05) is 0 Å². The number of aliphatic carboxylic acids is 1. The summed E-state index contributed by atoms with van der Waals surface area (Å²) in [6.07, 6.45) is 1.47. The first-order chi connectivity index (χ1) is 7.50. The average Bonchev–Trinajstić information content (AvgIpc) is 2.22. The number of hydrogen-bond acceptors (Lipinski definition) is 1. The van der Waals surface area contributed by atoms with E-state index in [1.165, 1.54) is 22.3 Å². The minimum atomic E-state index is -0.654. The molecule has 86 valence electrons. The van der Waals surface area contributed by atoms with Crippen LogP contribution in [0.3, 0.4) is 0 Å². The SMILES string of the molecule is Cc1ccc(C)c2c1CC(C(=O)O)CC2C. The lowest BCUT2D eigenvalue weighted by Gasteiger charge is -2.30. The maximum Gasteiger partial charge on any atom is 0.306 e. The third-order valence-corrected chi connectivity index (χ3v) is 3.74. The molecule has 2 nitrogen and oxygen atoms in total. The largest absolute Gasteiger partial charge is 0.481 e. The standard InChI is InChI=1S/C14H18O2/c1-8-4-5-9(2)13-10(3)6-11(14(15)16)7-12(8)13/h4-5,10-11H,6-7H2,1-3H3,(H,15,16). The first-order valence-electron chi connectivity index (χ1n) is 5.82. The summed E-state index contributed by atoms with van der Waals surface area (Å²) >= 11 is 0. The van der Waals surface area contributed by atoms with Gasteiger partial charge in [0.2, 0.25) is 0 Å². The third-order valence-electron chi connectivity index (χ3n) is 3.74. The maximum absolute atomic E-state index is 11.1. The van der Waals surface area contributed by atoms with Crippen molar-refractivity contribution in [1.82, 2.24) is 0 Å². The summed E-state index contributed by atoms with van der Waals surface area (Å²) in [5.74, 6) is -0.494. The number of hydrogen-bond donors (Lipinski definition) is 1. The fourth-order valence-electron chi connectivity index (χ4n) is 2.91. The van der Waals surface area contributed by atoms with Crippen LogP contribution in [0.2, 0.25) is 0 Å². The van der Waals surface area contributed by atoms with Gasteiger partial charge in [0.25, 0.3) is 0 Å².